The molecule has 0 aliphatic rings. The molecule has 0 aromatic heterocycles. The highest BCUT2D eigenvalue weighted by Crippen LogP contribution is 2.32. The molecule has 2 unspecified atom stereocenters. The second-order valence-electron chi connectivity index (χ2n) is 6.74. The molecule has 2 aromatic carbocycles. The summed E-state index contributed by atoms with van der Waals surface area (Å²) in [5, 5.41) is 0.231. The van der Waals surface area contributed by atoms with Crippen molar-refractivity contribution in [2.45, 2.75) is 21.6 Å². The predicted molar refractivity (Wildman–Crippen MR) is 117 cm³/mol. The molecule has 0 saturated heterocycles. The van der Waals surface area contributed by atoms with E-state index in [1.165, 1.54) is 12.1 Å². The molecule has 2 atom stereocenters. The van der Waals surface area contributed by atoms with E-state index in [9.17, 15) is 30.4 Å². The van der Waals surface area contributed by atoms with Crippen molar-refractivity contribution in [2.75, 3.05) is 23.2 Å². The summed E-state index contributed by atoms with van der Waals surface area (Å²) < 4.78 is 75.2. The lowest BCUT2D eigenvalue weighted by atomic mass is 9.86. The molecule has 0 N–H and O–H groups in total. The fourth-order valence-corrected chi connectivity index (χ4v) is 5.87. The van der Waals surface area contributed by atoms with Crippen LogP contribution in [0, 0.1) is 11.6 Å². The summed E-state index contributed by atoms with van der Waals surface area (Å²) >= 11 is 6.48. The third-order valence-electron chi connectivity index (χ3n) is 4.51. The van der Waals surface area contributed by atoms with Gasteiger partial charge in [-0.15, -0.1) is 0 Å². The zero-order chi connectivity index (χ0) is 22.9. The first kappa shape index (κ1) is 25.1. The summed E-state index contributed by atoms with van der Waals surface area (Å²) in [5.41, 5.74) is 0.574. The minimum Gasteiger partial charge on any atom is -0.298 e. The van der Waals surface area contributed by atoms with Crippen molar-refractivity contribution in [2.24, 2.45) is 0 Å². The maximum Gasteiger partial charge on any atom is 0.178 e. The van der Waals surface area contributed by atoms with Crippen LogP contribution in [0.4, 0.5) is 8.78 Å². The SMILES string of the molecule is CS(=O)(=O)c1cc(C(CBr)C(=O)C(CBr)c2ccc(F)c(S(C)(=O)=O)c2)ccc1F. The number of ketones is 1. The average molecular weight is 588 g/mol. The Morgan fingerprint density at radius 3 is 1.40 bits per heavy atom. The molecule has 0 radical (unpaired) electrons. The average Bonchev–Trinajstić information content (AvgIpc) is 2.63. The van der Waals surface area contributed by atoms with Crippen molar-refractivity contribution < 1.29 is 30.4 Å². The van der Waals surface area contributed by atoms with Crippen molar-refractivity contribution in [3.8, 4) is 0 Å². The summed E-state index contributed by atoms with van der Waals surface area (Å²) in [6, 6.07) is 6.85. The summed E-state index contributed by atoms with van der Waals surface area (Å²) in [6.07, 6.45) is 1.74. The van der Waals surface area contributed by atoms with E-state index in [-0.39, 0.29) is 27.6 Å². The summed E-state index contributed by atoms with van der Waals surface area (Å²) in [4.78, 5) is 12.2. The van der Waals surface area contributed by atoms with Crippen LogP contribution in [0.1, 0.15) is 23.0 Å². The summed E-state index contributed by atoms with van der Waals surface area (Å²) in [5.74, 6) is -3.91. The van der Waals surface area contributed by atoms with E-state index in [0.717, 1.165) is 36.8 Å². The van der Waals surface area contributed by atoms with Gasteiger partial charge in [0.05, 0.1) is 11.8 Å². The van der Waals surface area contributed by atoms with Gasteiger partial charge in [0, 0.05) is 23.2 Å². The van der Waals surface area contributed by atoms with Crippen LogP contribution in [-0.2, 0) is 24.5 Å². The first-order chi connectivity index (χ1) is 13.8. The van der Waals surface area contributed by atoms with Crippen molar-refractivity contribution in [3.63, 3.8) is 0 Å². The first-order valence-electron chi connectivity index (χ1n) is 8.46. The van der Waals surface area contributed by atoms with Gasteiger partial charge in [-0.3, -0.25) is 4.79 Å². The lowest BCUT2D eigenvalue weighted by Gasteiger charge is -2.21. The molecule has 30 heavy (non-hydrogen) atoms. The van der Waals surface area contributed by atoms with Gasteiger partial charge in [0.15, 0.2) is 19.7 Å². The Kier molecular flexibility index (Phi) is 7.98. The fourth-order valence-electron chi connectivity index (χ4n) is 2.94. The van der Waals surface area contributed by atoms with E-state index >= 15 is 0 Å². The van der Waals surface area contributed by atoms with E-state index in [2.05, 4.69) is 31.9 Å². The Morgan fingerprint density at radius 1 is 0.800 bits per heavy atom. The normalized spacial score (nSPS) is 14.3. The van der Waals surface area contributed by atoms with Gasteiger partial charge in [-0.1, -0.05) is 44.0 Å². The number of benzene rings is 2. The highest BCUT2D eigenvalue weighted by atomic mass is 79.9. The highest BCUT2D eigenvalue weighted by Gasteiger charge is 2.30. The molecule has 11 heteroatoms. The van der Waals surface area contributed by atoms with E-state index < -0.39 is 52.9 Å². The van der Waals surface area contributed by atoms with Gasteiger partial charge in [0.2, 0.25) is 0 Å². The summed E-state index contributed by atoms with van der Waals surface area (Å²) in [7, 11) is -7.69. The van der Waals surface area contributed by atoms with Gasteiger partial charge in [0.25, 0.3) is 0 Å². The molecule has 164 valence electrons. The Bertz CT molecular complexity index is 1090. The summed E-state index contributed by atoms with van der Waals surface area (Å²) in [6.45, 7) is 0. The van der Waals surface area contributed by atoms with Crippen molar-refractivity contribution >= 4 is 57.3 Å². The number of Topliss-reactive ketones (excluding diaryl/α,β-unsaturated/α-hetero) is 1. The van der Waals surface area contributed by atoms with Gasteiger partial charge >= 0.3 is 0 Å². The molecule has 0 fully saturated rings. The number of carbonyl (C=O) groups excluding carboxylic acids is 1. The zero-order valence-electron chi connectivity index (χ0n) is 15.9. The van der Waals surface area contributed by atoms with Gasteiger partial charge in [-0.05, 0) is 35.4 Å². The topological polar surface area (TPSA) is 85.3 Å². The third-order valence-corrected chi connectivity index (χ3v) is 8.03. The second-order valence-corrected chi connectivity index (χ2v) is 12.0. The van der Waals surface area contributed by atoms with Crippen LogP contribution >= 0.6 is 31.9 Å². The maximum atomic E-state index is 13.9. The van der Waals surface area contributed by atoms with Crippen LogP contribution in [0.3, 0.4) is 0 Å². The molecular weight excluding hydrogens is 570 g/mol. The molecular formula is C19H18Br2F2O5S2. The standard InChI is InChI=1S/C19H18Br2F2O5S2/c1-29(25,26)17-7-11(3-5-15(17)22)13(9-20)19(24)14(10-21)12-4-6-16(23)18(8-12)30(2,27)28/h3-8,13-14H,9-10H2,1-2H3. The van der Waals surface area contributed by atoms with Gasteiger partial charge in [-0.25, -0.2) is 25.6 Å². The fraction of sp³-hybridized carbons (Fsp3) is 0.316. The molecule has 0 aliphatic heterocycles. The molecule has 0 bridgehead atoms. The Morgan fingerprint density at radius 2 is 1.13 bits per heavy atom. The number of sulfone groups is 2. The number of halogens is 4. The number of rotatable bonds is 8. The molecule has 5 nitrogen and oxygen atoms in total. The van der Waals surface area contributed by atoms with Crippen LogP contribution in [-0.4, -0.2) is 45.8 Å². The molecule has 0 spiro atoms. The van der Waals surface area contributed by atoms with E-state index in [1.807, 2.05) is 0 Å². The highest BCUT2D eigenvalue weighted by molar-refractivity contribution is 9.09. The quantitative estimate of drug-likeness (QED) is 0.436. The van der Waals surface area contributed by atoms with Crippen LogP contribution in [0.2, 0.25) is 0 Å². The van der Waals surface area contributed by atoms with E-state index in [1.54, 1.807) is 0 Å². The second kappa shape index (κ2) is 9.54. The van der Waals surface area contributed by atoms with Crippen LogP contribution in [0.15, 0.2) is 46.2 Å². The molecule has 2 aromatic rings. The predicted octanol–water partition coefficient (Wildman–Crippen LogP) is 4.00. The van der Waals surface area contributed by atoms with Crippen LogP contribution < -0.4 is 0 Å². The number of carbonyl (C=O) groups is 1. The maximum absolute atomic E-state index is 13.9. The minimum absolute atomic E-state index is 0.115. The number of alkyl halides is 2. The van der Waals surface area contributed by atoms with Crippen molar-refractivity contribution in [1.29, 1.82) is 0 Å². The zero-order valence-corrected chi connectivity index (χ0v) is 20.7. The Labute approximate surface area is 191 Å². The molecule has 0 aliphatic carbocycles. The van der Waals surface area contributed by atoms with Gasteiger partial charge in [-0.2, -0.15) is 0 Å². The molecule has 2 rings (SSSR count). The number of hydrogen-bond donors (Lipinski definition) is 0. The van der Waals surface area contributed by atoms with Crippen LogP contribution in [0.5, 0.6) is 0 Å². The third kappa shape index (κ3) is 5.54. The minimum atomic E-state index is -3.85. The van der Waals surface area contributed by atoms with Crippen LogP contribution in [0.25, 0.3) is 0 Å². The smallest absolute Gasteiger partial charge is 0.178 e. The molecule has 0 saturated carbocycles. The monoisotopic (exact) mass is 586 g/mol. The Balaban J connectivity index is 2.53. The molecule has 0 amide bonds. The lowest BCUT2D eigenvalue weighted by molar-refractivity contribution is -0.121. The van der Waals surface area contributed by atoms with Gasteiger partial charge < -0.3 is 0 Å². The van der Waals surface area contributed by atoms with E-state index in [4.69, 9.17) is 0 Å². The number of hydrogen-bond acceptors (Lipinski definition) is 5. The lowest BCUT2D eigenvalue weighted by Crippen LogP contribution is -2.24. The van der Waals surface area contributed by atoms with E-state index in [0.29, 0.717) is 0 Å². The van der Waals surface area contributed by atoms with Crippen molar-refractivity contribution in [1.82, 2.24) is 0 Å². The molecule has 0 heterocycles. The Hall–Kier alpha value is -1.17. The van der Waals surface area contributed by atoms with Gasteiger partial charge in [0.1, 0.15) is 27.2 Å². The first-order valence-corrected chi connectivity index (χ1v) is 14.5. The van der Waals surface area contributed by atoms with Crippen molar-refractivity contribution in [3.05, 3.63) is 59.2 Å². The largest absolute Gasteiger partial charge is 0.298 e.